The van der Waals surface area contributed by atoms with Crippen LogP contribution in [0.2, 0.25) is 0 Å². The Kier molecular flexibility index (Phi) is 5.58. The van der Waals surface area contributed by atoms with Crippen LogP contribution in [0.4, 0.5) is 5.13 Å². The number of aromatic nitrogens is 1. The molecule has 0 aliphatic carbocycles. The molecule has 154 valence electrons. The SMILES string of the molecule is CCOc1cccc2cc(-c3csc(NC(=O)c4cccc(OC)c4OC)n3)oc12. The van der Waals surface area contributed by atoms with E-state index in [2.05, 4.69) is 10.3 Å². The number of nitrogens with one attached hydrogen (secondary N) is 1. The molecule has 8 heteroatoms. The Morgan fingerprint density at radius 3 is 2.70 bits per heavy atom. The van der Waals surface area contributed by atoms with Crippen molar-refractivity contribution < 1.29 is 23.4 Å². The van der Waals surface area contributed by atoms with Gasteiger partial charge in [0.2, 0.25) is 0 Å². The van der Waals surface area contributed by atoms with Gasteiger partial charge in [-0.25, -0.2) is 4.98 Å². The number of ether oxygens (including phenoxy) is 3. The van der Waals surface area contributed by atoms with Crippen LogP contribution in [0.25, 0.3) is 22.4 Å². The van der Waals surface area contributed by atoms with Crippen molar-refractivity contribution in [2.75, 3.05) is 26.1 Å². The number of thiazole rings is 1. The Morgan fingerprint density at radius 2 is 1.93 bits per heavy atom. The molecule has 2 heterocycles. The minimum atomic E-state index is -0.338. The van der Waals surface area contributed by atoms with Crippen LogP contribution in [0.5, 0.6) is 17.2 Å². The second-order valence-corrected chi connectivity index (χ2v) is 7.11. The van der Waals surface area contributed by atoms with E-state index in [9.17, 15) is 4.79 Å². The molecule has 0 atom stereocenters. The molecule has 0 saturated heterocycles. The molecular formula is C22H20N2O5S. The third-order valence-electron chi connectivity index (χ3n) is 4.43. The van der Waals surface area contributed by atoms with E-state index in [0.717, 1.165) is 5.39 Å². The maximum Gasteiger partial charge on any atom is 0.261 e. The molecule has 1 amide bonds. The molecule has 0 fully saturated rings. The number of furan rings is 1. The highest BCUT2D eigenvalue weighted by atomic mass is 32.1. The number of hydrogen-bond acceptors (Lipinski definition) is 7. The fourth-order valence-electron chi connectivity index (χ4n) is 3.11. The van der Waals surface area contributed by atoms with Crippen LogP contribution in [-0.2, 0) is 0 Å². The van der Waals surface area contributed by atoms with Gasteiger partial charge in [0.15, 0.2) is 33.7 Å². The molecule has 0 unspecified atom stereocenters. The number of fused-ring (bicyclic) bond motifs is 1. The van der Waals surface area contributed by atoms with Crippen molar-refractivity contribution in [3.05, 3.63) is 53.4 Å². The van der Waals surface area contributed by atoms with E-state index in [1.807, 2.05) is 36.6 Å². The van der Waals surface area contributed by atoms with Gasteiger partial charge in [0, 0.05) is 10.8 Å². The monoisotopic (exact) mass is 424 g/mol. The molecule has 1 N–H and O–H groups in total. The van der Waals surface area contributed by atoms with E-state index in [1.165, 1.54) is 25.6 Å². The van der Waals surface area contributed by atoms with Crippen molar-refractivity contribution in [1.29, 1.82) is 0 Å². The molecule has 0 radical (unpaired) electrons. The second kappa shape index (κ2) is 8.46. The van der Waals surface area contributed by atoms with Crippen LogP contribution in [0.1, 0.15) is 17.3 Å². The van der Waals surface area contributed by atoms with Crippen LogP contribution >= 0.6 is 11.3 Å². The van der Waals surface area contributed by atoms with Gasteiger partial charge in [0.1, 0.15) is 5.69 Å². The quantitative estimate of drug-likeness (QED) is 0.438. The Hall–Kier alpha value is -3.52. The average Bonchev–Trinajstić information content (AvgIpc) is 3.40. The summed E-state index contributed by atoms with van der Waals surface area (Å²) in [6, 6.07) is 12.8. The fourth-order valence-corrected chi connectivity index (χ4v) is 3.80. The predicted molar refractivity (Wildman–Crippen MR) is 116 cm³/mol. The highest BCUT2D eigenvalue weighted by Gasteiger charge is 2.19. The van der Waals surface area contributed by atoms with Crippen molar-refractivity contribution in [1.82, 2.24) is 4.98 Å². The van der Waals surface area contributed by atoms with Crippen molar-refractivity contribution in [3.63, 3.8) is 0 Å². The van der Waals surface area contributed by atoms with Gasteiger partial charge >= 0.3 is 0 Å². The van der Waals surface area contributed by atoms with Crippen molar-refractivity contribution in [3.8, 4) is 28.7 Å². The Balaban J connectivity index is 1.59. The molecular weight excluding hydrogens is 404 g/mol. The summed E-state index contributed by atoms with van der Waals surface area (Å²) in [5, 5.41) is 6.01. The molecule has 7 nitrogen and oxygen atoms in total. The number of nitrogens with zero attached hydrogens (tertiary/aromatic N) is 1. The number of carbonyl (C=O) groups is 1. The topological polar surface area (TPSA) is 82.8 Å². The maximum absolute atomic E-state index is 12.7. The number of benzene rings is 2. The molecule has 2 aromatic carbocycles. The zero-order valence-corrected chi connectivity index (χ0v) is 17.5. The highest BCUT2D eigenvalue weighted by Crippen LogP contribution is 2.35. The number of para-hydroxylation sites is 2. The van der Waals surface area contributed by atoms with Crippen LogP contribution in [-0.4, -0.2) is 31.7 Å². The number of anilines is 1. The summed E-state index contributed by atoms with van der Waals surface area (Å²) in [4.78, 5) is 17.2. The van der Waals surface area contributed by atoms with E-state index >= 15 is 0 Å². The second-order valence-electron chi connectivity index (χ2n) is 6.25. The summed E-state index contributed by atoms with van der Waals surface area (Å²) in [6.45, 7) is 2.48. The Bertz CT molecular complexity index is 1200. The molecule has 0 saturated carbocycles. The third-order valence-corrected chi connectivity index (χ3v) is 5.19. The normalized spacial score (nSPS) is 10.8. The Labute approximate surface area is 177 Å². The smallest absolute Gasteiger partial charge is 0.261 e. The van der Waals surface area contributed by atoms with Gasteiger partial charge in [-0.2, -0.15) is 0 Å². The molecule has 0 aliphatic rings. The summed E-state index contributed by atoms with van der Waals surface area (Å²) < 4.78 is 22.2. The van der Waals surface area contributed by atoms with E-state index in [4.69, 9.17) is 18.6 Å². The molecule has 2 aromatic heterocycles. The van der Waals surface area contributed by atoms with Crippen molar-refractivity contribution in [2.24, 2.45) is 0 Å². The van der Waals surface area contributed by atoms with Crippen LogP contribution in [0.3, 0.4) is 0 Å². The largest absolute Gasteiger partial charge is 0.493 e. The lowest BCUT2D eigenvalue weighted by atomic mass is 10.1. The fraction of sp³-hybridized carbons (Fsp3) is 0.182. The molecule has 0 bridgehead atoms. The number of methoxy groups -OCH3 is 2. The van der Waals surface area contributed by atoms with Gasteiger partial charge in [-0.3, -0.25) is 10.1 Å². The number of carbonyl (C=O) groups excluding carboxylic acids is 1. The van der Waals surface area contributed by atoms with Gasteiger partial charge in [-0.05, 0) is 31.2 Å². The molecule has 4 rings (SSSR count). The first-order valence-corrected chi connectivity index (χ1v) is 10.2. The molecule has 0 aliphatic heterocycles. The minimum absolute atomic E-state index is 0.338. The molecule has 4 aromatic rings. The maximum atomic E-state index is 12.7. The van der Waals surface area contributed by atoms with Crippen LogP contribution in [0, 0.1) is 0 Å². The van der Waals surface area contributed by atoms with Crippen LogP contribution in [0.15, 0.2) is 52.3 Å². The zero-order valence-electron chi connectivity index (χ0n) is 16.7. The van der Waals surface area contributed by atoms with Gasteiger partial charge in [0.05, 0.1) is 26.4 Å². The van der Waals surface area contributed by atoms with E-state index in [0.29, 0.717) is 51.6 Å². The standard InChI is InChI=1S/C22H20N2O5S/c1-4-28-17-10-5-7-13-11-18(29-19(13)17)15-12-30-22(23-15)24-21(25)14-8-6-9-16(26-2)20(14)27-3/h5-12H,4H2,1-3H3,(H,23,24,25). The van der Waals surface area contributed by atoms with E-state index < -0.39 is 0 Å². The summed E-state index contributed by atoms with van der Waals surface area (Å²) in [6.07, 6.45) is 0. The summed E-state index contributed by atoms with van der Waals surface area (Å²) in [7, 11) is 3.02. The molecule has 0 spiro atoms. The van der Waals surface area contributed by atoms with Gasteiger partial charge in [-0.15, -0.1) is 11.3 Å². The number of hydrogen-bond donors (Lipinski definition) is 1. The first-order chi connectivity index (χ1) is 14.6. The molecule has 30 heavy (non-hydrogen) atoms. The van der Waals surface area contributed by atoms with Gasteiger partial charge in [-0.1, -0.05) is 18.2 Å². The minimum Gasteiger partial charge on any atom is -0.493 e. The first-order valence-electron chi connectivity index (χ1n) is 9.28. The lowest BCUT2D eigenvalue weighted by Gasteiger charge is -2.11. The summed E-state index contributed by atoms with van der Waals surface area (Å²) in [5.74, 6) is 1.81. The van der Waals surface area contributed by atoms with E-state index in [1.54, 1.807) is 18.2 Å². The Morgan fingerprint density at radius 1 is 1.13 bits per heavy atom. The number of rotatable bonds is 7. The predicted octanol–water partition coefficient (Wildman–Crippen LogP) is 5.22. The highest BCUT2D eigenvalue weighted by molar-refractivity contribution is 7.14. The van der Waals surface area contributed by atoms with Gasteiger partial charge < -0.3 is 18.6 Å². The summed E-state index contributed by atoms with van der Waals surface area (Å²) >= 11 is 1.31. The lowest BCUT2D eigenvalue weighted by Crippen LogP contribution is -2.13. The lowest BCUT2D eigenvalue weighted by molar-refractivity contribution is 0.102. The first kappa shape index (κ1) is 19.8. The van der Waals surface area contributed by atoms with Crippen LogP contribution < -0.4 is 19.5 Å². The van der Waals surface area contributed by atoms with Crippen molar-refractivity contribution in [2.45, 2.75) is 6.92 Å². The van der Waals surface area contributed by atoms with Crippen molar-refractivity contribution >= 4 is 33.3 Å². The zero-order chi connectivity index (χ0) is 21.1. The third kappa shape index (κ3) is 3.69. The van der Waals surface area contributed by atoms with E-state index in [-0.39, 0.29) is 5.91 Å². The summed E-state index contributed by atoms with van der Waals surface area (Å²) in [5.41, 5.74) is 1.67. The average molecular weight is 424 g/mol. The number of amides is 1. The van der Waals surface area contributed by atoms with Gasteiger partial charge in [0.25, 0.3) is 5.91 Å².